The molecule has 2 rings (SSSR count). The first-order chi connectivity index (χ1) is 10.0. The van der Waals surface area contributed by atoms with Crippen molar-refractivity contribution < 1.29 is 4.79 Å². The Morgan fingerprint density at radius 3 is 2.81 bits per heavy atom. The van der Waals surface area contributed by atoms with Gasteiger partial charge in [0.25, 0.3) is 5.91 Å². The highest BCUT2D eigenvalue weighted by molar-refractivity contribution is 6.30. The minimum Gasteiger partial charge on any atom is -0.350 e. The molecular formula is C15H17ClN4O. The maximum atomic E-state index is 12.0. The molecule has 1 amide bonds. The van der Waals surface area contributed by atoms with Crippen LogP contribution in [0.15, 0.2) is 36.7 Å². The molecule has 0 saturated heterocycles. The van der Waals surface area contributed by atoms with Gasteiger partial charge >= 0.3 is 0 Å². The average molecular weight is 305 g/mol. The Labute approximate surface area is 128 Å². The lowest BCUT2D eigenvalue weighted by Gasteiger charge is -2.09. The Balaban J connectivity index is 2.08. The molecule has 0 aliphatic carbocycles. The lowest BCUT2D eigenvalue weighted by molar-refractivity contribution is 0.0944. The summed E-state index contributed by atoms with van der Waals surface area (Å²) in [5, 5.41) is 6.54. The largest absolute Gasteiger partial charge is 0.350 e. The molecule has 1 aromatic heterocycles. The minimum atomic E-state index is -0.208. The fourth-order valence-electron chi connectivity index (χ4n) is 1.65. The zero-order valence-corrected chi connectivity index (χ0v) is 12.7. The van der Waals surface area contributed by atoms with Crippen molar-refractivity contribution >= 4 is 29.0 Å². The number of halogens is 1. The summed E-state index contributed by atoms with van der Waals surface area (Å²) in [6, 6.07) is 8.88. The van der Waals surface area contributed by atoms with Crippen LogP contribution < -0.4 is 10.6 Å². The number of benzene rings is 1. The van der Waals surface area contributed by atoms with Gasteiger partial charge in [0.2, 0.25) is 0 Å². The third-order valence-electron chi connectivity index (χ3n) is 2.67. The Morgan fingerprint density at radius 1 is 1.29 bits per heavy atom. The van der Waals surface area contributed by atoms with Crippen LogP contribution in [0.3, 0.4) is 0 Å². The molecule has 5 nitrogen and oxygen atoms in total. The van der Waals surface area contributed by atoms with Crippen LogP contribution in [0.25, 0.3) is 0 Å². The van der Waals surface area contributed by atoms with Crippen LogP contribution in [0.5, 0.6) is 0 Å². The van der Waals surface area contributed by atoms with Crippen molar-refractivity contribution in [3.05, 3.63) is 47.4 Å². The smallest absolute Gasteiger partial charge is 0.270 e. The summed E-state index contributed by atoms with van der Waals surface area (Å²) in [4.78, 5) is 20.0. The fraction of sp³-hybridized carbons (Fsp3) is 0.267. The van der Waals surface area contributed by atoms with Crippen molar-refractivity contribution in [3.63, 3.8) is 0 Å². The minimum absolute atomic E-state index is 0.208. The topological polar surface area (TPSA) is 66.9 Å². The summed E-state index contributed by atoms with van der Waals surface area (Å²) in [7, 11) is 0. The van der Waals surface area contributed by atoms with Crippen molar-refractivity contribution in [1.29, 1.82) is 0 Å². The van der Waals surface area contributed by atoms with Crippen molar-refractivity contribution in [1.82, 2.24) is 15.3 Å². The highest BCUT2D eigenvalue weighted by Gasteiger charge is 2.09. The molecule has 0 spiro atoms. The van der Waals surface area contributed by atoms with Gasteiger partial charge in [0.05, 0.1) is 0 Å². The first-order valence-electron chi connectivity index (χ1n) is 6.67. The third-order valence-corrected chi connectivity index (χ3v) is 2.90. The molecule has 1 heterocycles. The normalized spacial score (nSPS) is 10.5. The molecular weight excluding hydrogens is 288 g/mol. The lowest BCUT2D eigenvalue weighted by Crippen LogP contribution is -2.28. The predicted octanol–water partition coefficient (Wildman–Crippen LogP) is 3.26. The molecule has 0 aliphatic heterocycles. The molecule has 2 aromatic rings. The molecule has 21 heavy (non-hydrogen) atoms. The second-order valence-corrected chi connectivity index (χ2v) is 5.46. The quantitative estimate of drug-likeness (QED) is 0.890. The number of aromatic nitrogens is 2. The van der Waals surface area contributed by atoms with E-state index in [2.05, 4.69) is 20.6 Å². The summed E-state index contributed by atoms with van der Waals surface area (Å²) < 4.78 is 0. The van der Waals surface area contributed by atoms with Crippen LogP contribution in [0.4, 0.5) is 11.5 Å². The van der Waals surface area contributed by atoms with E-state index in [1.165, 1.54) is 6.33 Å². The number of nitrogens with one attached hydrogen (secondary N) is 2. The van der Waals surface area contributed by atoms with E-state index in [1.807, 2.05) is 26.0 Å². The lowest BCUT2D eigenvalue weighted by atomic mass is 10.2. The first kappa shape index (κ1) is 15.3. The van der Waals surface area contributed by atoms with Gasteiger partial charge in [-0.15, -0.1) is 0 Å². The Kier molecular flexibility index (Phi) is 5.11. The van der Waals surface area contributed by atoms with Crippen LogP contribution in [0.1, 0.15) is 24.3 Å². The van der Waals surface area contributed by atoms with Gasteiger partial charge in [0, 0.05) is 23.3 Å². The third kappa shape index (κ3) is 4.72. The number of carbonyl (C=O) groups is 1. The van der Waals surface area contributed by atoms with Gasteiger partial charge in [-0.05, 0) is 24.1 Å². The molecule has 0 unspecified atom stereocenters. The molecule has 0 radical (unpaired) electrons. The number of anilines is 2. The summed E-state index contributed by atoms with van der Waals surface area (Å²) in [5.41, 5.74) is 1.13. The van der Waals surface area contributed by atoms with E-state index in [-0.39, 0.29) is 5.91 Å². The highest BCUT2D eigenvalue weighted by Crippen LogP contribution is 2.18. The van der Waals surface area contributed by atoms with Gasteiger partial charge in [0.15, 0.2) is 0 Å². The van der Waals surface area contributed by atoms with Crippen LogP contribution in [0, 0.1) is 5.92 Å². The molecule has 0 saturated carbocycles. The van der Waals surface area contributed by atoms with Gasteiger partial charge < -0.3 is 10.6 Å². The SMILES string of the molecule is CC(C)CNC(=O)c1cc(Nc2cccc(Cl)c2)ncn1. The number of rotatable bonds is 5. The van der Waals surface area contributed by atoms with Crippen molar-refractivity contribution in [2.24, 2.45) is 5.92 Å². The number of hydrogen-bond acceptors (Lipinski definition) is 4. The molecule has 2 N–H and O–H groups in total. The Hall–Kier alpha value is -2.14. The van der Waals surface area contributed by atoms with Gasteiger partial charge in [-0.2, -0.15) is 0 Å². The summed E-state index contributed by atoms with van der Waals surface area (Å²) in [6.07, 6.45) is 1.36. The van der Waals surface area contributed by atoms with Crippen molar-refractivity contribution in [2.75, 3.05) is 11.9 Å². The Bertz CT molecular complexity index is 631. The van der Waals surface area contributed by atoms with Crippen molar-refractivity contribution in [3.8, 4) is 0 Å². The zero-order chi connectivity index (χ0) is 15.2. The molecule has 110 valence electrons. The van der Waals surface area contributed by atoms with Crippen LogP contribution in [0.2, 0.25) is 5.02 Å². The maximum absolute atomic E-state index is 12.0. The predicted molar refractivity (Wildman–Crippen MR) is 83.9 cm³/mol. The second-order valence-electron chi connectivity index (χ2n) is 5.03. The molecule has 0 atom stereocenters. The average Bonchev–Trinajstić information content (AvgIpc) is 2.45. The molecule has 0 fully saturated rings. The monoisotopic (exact) mass is 304 g/mol. The molecule has 0 bridgehead atoms. The molecule has 1 aromatic carbocycles. The number of hydrogen-bond donors (Lipinski definition) is 2. The van der Waals surface area contributed by atoms with E-state index in [4.69, 9.17) is 11.6 Å². The van der Waals surface area contributed by atoms with E-state index in [1.54, 1.807) is 18.2 Å². The van der Waals surface area contributed by atoms with E-state index in [0.717, 1.165) is 5.69 Å². The summed E-state index contributed by atoms with van der Waals surface area (Å²) in [5.74, 6) is 0.724. The second kappa shape index (κ2) is 7.04. The first-order valence-corrected chi connectivity index (χ1v) is 7.05. The van der Waals surface area contributed by atoms with E-state index in [0.29, 0.717) is 29.0 Å². The molecule has 0 aliphatic rings. The Morgan fingerprint density at radius 2 is 2.10 bits per heavy atom. The maximum Gasteiger partial charge on any atom is 0.270 e. The molecule has 6 heteroatoms. The summed E-state index contributed by atoms with van der Waals surface area (Å²) >= 11 is 5.93. The van der Waals surface area contributed by atoms with Crippen molar-refractivity contribution in [2.45, 2.75) is 13.8 Å². The zero-order valence-electron chi connectivity index (χ0n) is 11.9. The van der Waals surface area contributed by atoms with Crippen LogP contribution >= 0.6 is 11.6 Å². The van der Waals surface area contributed by atoms with Gasteiger partial charge in [0.1, 0.15) is 17.8 Å². The fourth-order valence-corrected chi connectivity index (χ4v) is 1.84. The van der Waals surface area contributed by atoms with E-state index in [9.17, 15) is 4.79 Å². The van der Waals surface area contributed by atoms with Gasteiger partial charge in [-0.25, -0.2) is 9.97 Å². The van der Waals surface area contributed by atoms with Crippen LogP contribution in [-0.4, -0.2) is 22.4 Å². The van der Waals surface area contributed by atoms with E-state index >= 15 is 0 Å². The number of nitrogens with zero attached hydrogens (tertiary/aromatic N) is 2. The highest BCUT2D eigenvalue weighted by atomic mass is 35.5. The standard InChI is InChI=1S/C15H17ClN4O/c1-10(2)8-17-15(21)13-7-14(19-9-18-13)20-12-5-3-4-11(16)6-12/h3-7,9-10H,8H2,1-2H3,(H,17,21)(H,18,19,20). The number of carbonyl (C=O) groups excluding carboxylic acids is 1. The van der Waals surface area contributed by atoms with Gasteiger partial charge in [-0.1, -0.05) is 31.5 Å². The van der Waals surface area contributed by atoms with E-state index < -0.39 is 0 Å². The number of amides is 1. The van der Waals surface area contributed by atoms with Gasteiger partial charge in [-0.3, -0.25) is 4.79 Å². The summed E-state index contributed by atoms with van der Waals surface area (Å²) in [6.45, 7) is 4.68. The van der Waals surface area contributed by atoms with Crippen LogP contribution in [-0.2, 0) is 0 Å².